The smallest absolute Gasteiger partial charge is 0.0490 e. The van der Waals surface area contributed by atoms with Crippen molar-refractivity contribution in [2.45, 2.75) is 39.0 Å². The van der Waals surface area contributed by atoms with Crippen LogP contribution in [0.4, 0.5) is 0 Å². The zero-order valence-electron chi connectivity index (χ0n) is 12.7. The minimum absolute atomic E-state index is 0.785. The monoisotopic (exact) mass is 256 g/mol. The van der Waals surface area contributed by atoms with Crippen LogP contribution in [0.5, 0.6) is 0 Å². The Kier molecular flexibility index (Phi) is 8.64. The summed E-state index contributed by atoms with van der Waals surface area (Å²) in [4.78, 5) is 5.04. The molecule has 108 valence electrons. The van der Waals surface area contributed by atoms with Gasteiger partial charge in [0.25, 0.3) is 0 Å². The van der Waals surface area contributed by atoms with Crippen molar-refractivity contribution in [3.63, 3.8) is 0 Å². The van der Waals surface area contributed by atoms with Crippen molar-refractivity contribution >= 4 is 0 Å². The second kappa shape index (κ2) is 9.76. The predicted molar refractivity (Wildman–Crippen MR) is 78.1 cm³/mol. The van der Waals surface area contributed by atoms with Crippen LogP contribution >= 0.6 is 0 Å². The van der Waals surface area contributed by atoms with Gasteiger partial charge in [0.1, 0.15) is 0 Å². The summed E-state index contributed by atoms with van der Waals surface area (Å²) in [7, 11) is 4.05. The van der Waals surface area contributed by atoms with Crippen molar-refractivity contribution in [2.24, 2.45) is 5.92 Å². The summed E-state index contributed by atoms with van der Waals surface area (Å²) in [5.41, 5.74) is 0. The second-order valence-electron chi connectivity index (χ2n) is 5.75. The number of piperazine rings is 1. The third-order valence-electron chi connectivity index (χ3n) is 4.03. The standard InChI is InChI=1S/C15H32N2O/c1-4-7-15(14-18-3)8-5-6-9-17-12-10-16(2)11-13-17/h15H,4-14H2,1-3H3/t15-/m0/s1. The molecule has 0 radical (unpaired) electrons. The van der Waals surface area contributed by atoms with E-state index in [4.69, 9.17) is 4.74 Å². The third-order valence-corrected chi connectivity index (χ3v) is 4.03. The molecule has 1 atom stereocenters. The minimum atomic E-state index is 0.785. The van der Waals surface area contributed by atoms with Gasteiger partial charge in [0.2, 0.25) is 0 Å². The van der Waals surface area contributed by atoms with E-state index in [9.17, 15) is 0 Å². The Morgan fingerprint density at radius 2 is 1.78 bits per heavy atom. The highest BCUT2D eigenvalue weighted by atomic mass is 16.5. The third kappa shape index (κ3) is 6.72. The molecule has 1 aliphatic rings. The molecule has 1 aliphatic heterocycles. The van der Waals surface area contributed by atoms with Crippen LogP contribution in [-0.4, -0.2) is 63.3 Å². The Labute approximate surface area is 113 Å². The van der Waals surface area contributed by atoms with Gasteiger partial charge in [-0.25, -0.2) is 0 Å². The number of hydrogen-bond donors (Lipinski definition) is 0. The molecule has 0 saturated carbocycles. The summed E-state index contributed by atoms with van der Waals surface area (Å²) in [5, 5.41) is 0. The molecular formula is C15H32N2O. The topological polar surface area (TPSA) is 15.7 Å². The van der Waals surface area contributed by atoms with Crippen LogP contribution in [0.1, 0.15) is 39.0 Å². The molecule has 3 nitrogen and oxygen atoms in total. The first-order valence-electron chi connectivity index (χ1n) is 7.66. The summed E-state index contributed by atoms with van der Waals surface area (Å²) in [6.45, 7) is 9.50. The first-order valence-corrected chi connectivity index (χ1v) is 7.66. The first kappa shape index (κ1) is 15.9. The number of methoxy groups -OCH3 is 1. The molecule has 0 aliphatic carbocycles. The van der Waals surface area contributed by atoms with Gasteiger partial charge in [-0.1, -0.05) is 19.8 Å². The van der Waals surface area contributed by atoms with Crippen molar-refractivity contribution in [2.75, 3.05) is 53.5 Å². The number of unbranched alkanes of at least 4 members (excludes halogenated alkanes) is 1. The molecule has 1 saturated heterocycles. The van der Waals surface area contributed by atoms with E-state index in [1.807, 2.05) is 7.11 Å². The van der Waals surface area contributed by atoms with Crippen LogP contribution < -0.4 is 0 Å². The molecule has 18 heavy (non-hydrogen) atoms. The van der Waals surface area contributed by atoms with Gasteiger partial charge >= 0.3 is 0 Å². The molecule has 0 aromatic carbocycles. The largest absolute Gasteiger partial charge is 0.384 e. The van der Waals surface area contributed by atoms with E-state index < -0.39 is 0 Å². The zero-order valence-corrected chi connectivity index (χ0v) is 12.7. The van der Waals surface area contributed by atoms with E-state index >= 15 is 0 Å². The number of hydrogen-bond acceptors (Lipinski definition) is 3. The SMILES string of the molecule is CCC[C@@H](CCCCN1CCN(C)CC1)COC. The normalized spacial score (nSPS) is 20.2. The summed E-state index contributed by atoms with van der Waals surface area (Å²) in [6, 6.07) is 0. The average Bonchev–Trinajstić information content (AvgIpc) is 2.37. The van der Waals surface area contributed by atoms with E-state index in [0.29, 0.717) is 0 Å². The molecule has 0 unspecified atom stereocenters. The maximum absolute atomic E-state index is 5.30. The Morgan fingerprint density at radius 1 is 1.06 bits per heavy atom. The number of ether oxygens (including phenoxy) is 1. The molecule has 0 aromatic rings. The summed E-state index contributed by atoms with van der Waals surface area (Å²) in [5.74, 6) is 0.785. The Balaban J connectivity index is 2.02. The van der Waals surface area contributed by atoms with Gasteiger partial charge in [-0.15, -0.1) is 0 Å². The van der Waals surface area contributed by atoms with E-state index in [-0.39, 0.29) is 0 Å². The van der Waals surface area contributed by atoms with E-state index in [1.165, 1.54) is 64.8 Å². The summed E-state index contributed by atoms with van der Waals surface area (Å²) in [6.07, 6.45) is 6.66. The van der Waals surface area contributed by atoms with Gasteiger partial charge in [-0.2, -0.15) is 0 Å². The minimum Gasteiger partial charge on any atom is -0.384 e. The maximum atomic E-state index is 5.30. The summed E-state index contributed by atoms with van der Waals surface area (Å²) < 4.78 is 5.30. The molecule has 0 N–H and O–H groups in total. The average molecular weight is 256 g/mol. The highest BCUT2D eigenvalue weighted by Gasteiger charge is 2.13. The molecule has 1 fully saturated rings. The summed E-state index contributed by atoms with van der Waals surface area (Å²) >= 11 is 0. The lowest BCUT2D eigenvalue weighted by atomic mass is 9.98. The van der Waals surface area contributed by atoms with Gasteiger partial charge < -0.3 is 14.5 Å². The van der Waals surface area contributed by atoms with Gasteiger partial charge in [0.05, 0.1) is 0 Å². The Morgan fingerprint density at radius 3 is 2.39 bits per heavy atom. The van der Waals surface area contributed by atoms with E-state index in [2.05, 4.69) is 23.8 Å². The fraction of sp³-hybridized carbons (Fsp3) is 1.00. The van der Waals surface area contributed by atoms with Crippen LogP contribution in [0.2, 0.25) is 0 Å². The lowest BCUT2D eigenvalue weighted by molar-refractivity contribution is 0.135. The number of nitrogens with zero attached hydrogens (tertiary/aromatic N) is 2. The van der Waals surface area contributed by atoms with E-state index in [1.54, 1.807) is 0 Å². The molecule has 0 bridgehead atoms. The Hall–Kier alpha value is -0.120. The highest BCUT2D eigenvalue weighted by Crippen LogP contribution is 2.15. The molecule has 0 aromatic heterocycles. The molecule has 0 spiro atoms. The van der Waals surface area contributed by atoms with Crippen LogP contribution in [0.3, 0.4) is 0 Å². The van der Waals surface area contributed by atoms with Crippen molar-refractivity contribution in [1.82, 2.24) is 9.80 Å². The number of rotatable bonds is 9. The van der Waals surface area contributed by atoms with Crippen LogP contribution in [0, 0.1) is 5.92 Å². The first-order chi connectivity index (χ1) is 8.76. The quantitative estimate of drug-likeness (QED) is 0.589. The van der Waals surface area contributed by atoms with Gasteiger partial charge in [0.15, 0.2) is 0 Å². The number of likely N-dealkylation sites (N-methyl/N-ethyl adjacent to an activating group) is 1. The van der Waals surface area contributed by atoms with Crippen molar-refractivity contribution in [1.29, 1.82) is 0 Å². The maximum Gasteiger partial charge on any atom is 0.0490 e. The van der Waals surface area contributed by atoms with Crippen molar-refractivity contribution in [3.8, 4) is 0 Å². The van der Waals surface area contributed by atoms with Gasteiger partial charge in [-0.05, 0) is 38.8 Å². The predicted octanol–water partition coefficient (Wildman–Crippen LogP) is 2.47. The molecule has 1 rings (SSSR count). The Bertz CT molecular complexity index is 185. The van der Waals surface area contributed by atoms with Crippen LogP contribution in [0.25, 0.3) is 0 Å². The fourth-order valence-corrected chi connectivity index (χ4v) is 2.79. The fourth-order valence-electron chi connectivity index (χ4n) is 2.79. The molecular weight excluding hydrogens is 224 g/mol. The van der Waals surface area contributed by atoms with Gasteiger partial charge in [-0.3, -0.25) is 0 Å². The lowest BCUT2D eigenvalue weighted by Gasteiger charge is -2.32. The molecule has 0 amide bonds. The van der Waals surface area contributed by atoms with Crippen molar-refractivity contribution < 1.29 is 4.74 Å². The van der Waals surface area contributed by atoms with E-state index in [0.717, 1.165) is 12.5 Å². The zero-order chi connectivity index (χ0) is 13.2. The van der Waals surface area contributed by atoms with Crippen LogP contribution in [-0.2, 0) is 4.74 Å². The van der Waals surface area contributed by atoms with Gasteiger partial charge in [0, 0.05) is 39.9 Å². The molecule has 3 heteroatoms. The highest BCUT2D eigenvalue weighted by molar-refractivity contribution is 4.69. The van der Waals surface area contributed by atoms with Crippen molar-refractivity contribution in [3.05, 3.63) is 0 Å². The second-order valence-corrected chi connectivity index (χ2v) is 5.75. The van der Waals surface area contributed by atoms with Crippen LogP contribution in [0.15, 0.2) is 0 Å². The lowest BCUT2D eigenvalue weighted by Crippen LogP contribution is -2.44. The molecule has 1 heterocycles.